The Kier molecular flexibility index (Phi) is 61.0. The third kappa shape index (κ3) is 42.4. The number of carbonyl (C=O) groups excluding carboxylic acids is 6. The molecule has 0 bridgehead atoms. The quantitative estimate of drug-likeness (QED) is 0.0199. The zero-order valence-corrected chi connectivity index (χ0v) is 78.2. The SMILES string of the molecule is C.CCC(I)(I)I.CC[CH-]I.COC(=O)c1ncc(C(=O)O)c2c1OC(C)(C)OC2.COC(=O)c1ncc(C=O)c2c1OC(C)(C)OC2.COC(=O)c1ncc(CO)c2c1OC(C)(C)OC2.COC(=O)c1ncc(COCc2ccc(OC)cc2)c2c1OC(C)(C)OC2.O=CC(F)(F)F.[CH2-]CC.[Na+].[O-][Cl+][O-].[O]=[Mn]=[O].[V].[V]. The largest absolute Gasteiger partial charge is 0 e. The monoisotopic (exact) mass is 2170 g/mol. The molecule has 5 aromatic rings. The van der Waals surface area contributed by atoms with Gasteiger partial charge in [-0.1, -0.05) is 108 Å². The van der Waals surface area contributed by atoms with Gasteiger partial charge >= 0.3 is 88.1 Å². The number of carbonyl (C=O) groups is 7. The second-order valence-electron chi connectivity index (χ2n) is 22.4. The first-order valence-corrected chi connectivity index (χ1v) is 36.9. The number of benzene rings is 1. The number of aldehydes is 2. The van der Waals surface area contributed by atoms with Crippen LogP contribution >= 0.6 is 90.4 Å². The molecule has 0 saturated heterocycles. The van der Waals surface area contributed by atoms with Gasteiger partial charge in [-0.15, -0.1) is 0 Å². The molecule has 8 heterocycles. The van der Waals surface area contributed by atoms with E-state index in [0.29, 0.717) is 59.3 Å². The second-order valence-corrected chi connectivity index (χ2v) is 35.4. The van der Waals surface area contributed by atoms with Crippen molar-refractivity contribution in [2.45, 2.75) is 178 Å². The Morgan fingerprint density at radius 1 is 0.622 bits per heavy atom. The maximum atomic E-state index is 12.0. The topological polar surface area (TPSA) is 421 Å². The van der Waals surface area contributed by atoms with E-state index in [1.165, 1.54) is 53.7 Å². The summed E-state index contributed by atoms with van der Waals surface area (Å²) < 4.78 is 141. The Morgan fingerprint density at radius 3 is 1.22 bits per heavy atom. The first kappa shape index (κ1) is 116. The number of hydrogen-bond acceptors (Lipinski definition) is 30. The maximum absolute atomic E-state index is 12.0. The average molecular weight is 2170 g/mol. The van der Waals surface area contributed by atoms with Crippen LogP contribution < -0.4 is 62.6 Å². The van der Waals surface area contributed by atoms with Crippen molar-refractivity contribution in [3.05, 3.63) is 133 Å². The van der Waals surface area contributed by atoms with Crippen LogP contribution in [0.3, 0.4) is 0 Å². The molecule has 4 aliphatic rings. The third-order valence-corrected chi connectivity index (χ3v) is 16.0. The number of esters is 4. The Labute approximate surface area is 753 Å². The first-order valence-electron chi connectivity index (χ1n) is 30.8. The zero-order valence-electron chi connectivity index (χ0n) is 62.8. The molecule has 0 amide bonds. The number of ether oxygens (including phenoxy) is 14. The average Bonchev–Trinajstić information content (AvgIpc) is 0.795. The molecule has 111 heavy (non-hydrogen) atoms. The normalized spacial score (nSPS) is 13.7. The molecule has 31 nitrogen and oxygen atoms in total. The molecule has 0 fully saturated rings. The predicted molar refractivity (Wildman–Crippen MR) is 400 cm³/mol. The van der Waals surface area contributed by atoms with Gasteiger partial charge in [0.05, 0.1) is 98.7 Å². The van der Waals surface area contributed by atoms with E-state index < -0.39 is 91.6 Å². The van der Waals surface area contributed by atoms with Crippen molar-refractivity contribution in [1.29, 1.82) is 0 Å². The number of alkyl halides is 6. The van der Waals surface area contributed by atoms with Gasteiger partial charge in [0.2, 0.25) is 29.4 Å². The van der Waals surface area contributed by atoms with Crippen molar-refractivity contribution in [3.63, 3.8) is 0 Å². The van der Waals surface area contributed by atoms with Crippen molar-refractivity contribution in [2.75, 3.05) is 35.5 Å². The fourth-order valence-corrected chi connectivity index (χ4v) is 7.86. The zero-order chi connectivity index (χ0) is 82.3. The van der Waals surface area contributed by atoms with Crippen LogP contribution in [0.15, 0.2) is 49.1 Å². The van der Waals surface area contributed by atoms with Crippen molar-refractivity contribution in [2.24, 2.45) is 0 Å². The third-order valence-electron chi connectivity index (χ3n) is 12.8. The number of rotatable bonds is 14. The van der Waals surface area contributed by atoms with Crippen LogP contribution in [0.4, 0.5) is 13.2 Å². The molecule has 2 N–H and O–H groups in total. The number of carboxylic acid groups (broad SMARTS) is 1. The fourth-order valence-electron chi connectivity index (χ4n) is 7.86. The van der Waals surface area contributed by atoms with Gasteiger partial charge in [-0.3, -0.25) is 14.0 Å². The van der Waals surface area contributed by atoms with Gasteiger partial charge in [0, 0.05) is 156 Å². The van der Waals surface area contributed by atoms with E-state index in [9.17, 15) is 47.0 Å². The van der Waals surface area contributed by atoms with E-state index in [1.54, 1.807) is 68.7 Å². The number of pyridine rings is 4. The van der Waals surface area contributed by atoms with E-state index >= 15 is 0 Å². The van der Waals surface area contributed by atoms with Gasteiger partial charge in [0.15, 0.2) is 52.1 Å². The van der Waals surface area contributed by atoms with Crippen LogP contribution in [0.1, 0.15) is 204 Å². The number of hydrogen-bond donors (Lipinski definition) is 2. The molecule has 4 aliphatic heterocycles. The molecular formula is C68H87ClF3I4MnN4NaO27V2-2. The van der Waals surface area contributed by atoms with E-state index in [0.717, 1.165) is 35.1 Å². The predicted octanol–water partition coefficient (Wildman–Crippen LogP) is 9.13. The Hall–Kier alpha value is -3.52. The number of fused-ring (bicyclic) bond motifs is 4. The minimum Gasteiger partial charge on any atom is 0 e. The van der Waals surface area contributed by atoms with Crippen molar-refractivity contribution < 1.29 is 233 Å². The molecule has 2 radical (unpaired) electrons. The molecular weight excluding hydrogens is 2080 g/mol. The number of halogens is 8. The Morgan fingerprint density at radius 2 is 0.919 bits per heavy atom. The van der Waals surface area contributed by atoms with Crippen LogP contribution in [0.2, 0.25) is 0 Å². The summed E-state index contributed by atoms with van der Waals surface area (Å²) in [6.07, 6.45) is 3.79. The number of aromatic nitrogens is 4. The second kappa shape index (κ2) is 58.4. The van der Waals surface area contributed by atoms with Gasteiger partial charge in [0.25, 0.3) is 0 Å². The first-order chi connectivity index (χ1) is 50.0. The molecule has 9 rings (SSSR count). The minimum atomic E-state index is -4.64. The summed E-state index contributed by atoms with van der Waals surface area (Å²) in [5.74, 6) is -5.24. The Bertz CT molecular complexity index is 3740. The maximum Gasteiger partial charge on any atom is 0 e. The van der Waals surface area contributed by atoms with Gasteiger partial charge in [-0.25, -0.2) is 43.9 Å². The Balaban J connectivity index is -0.000000406. The van der Waals surface area contributed by atoms with Gasteiger partial charge < -0.3 is 115 Å². The molecule has 0 unspecified atom stereocenters. The molecule has 1 aromatic carbocycles. The molecule has 0 saturated carbocycles. The number of aromatic carboxylic acids is 1. The van der Waals surface area contributed by atoms with E-state index in [1.807, 2.05) is 31.2 Å². The van der Waals surface area contributed by atoms with Crippen LogP contribution in [0, 0.1) is 22.7 Å². The summed E-state index contributed by atoms with van der Waals surface area (Å²) in [7, 11) is 6.69. The van der Waals surface area contributed by atoms with E-state index in [-0.39, 0.29) is 146 Å². The number of aliphatic hydroxyl groups is 1. The minimum absolute atomic E-state index is 0. The number of methoxy groups -OCH3 is 5. The van der Waals surface area contributed by atoms with Crippen molar-refractivity contribution in [3.8, 4) is 28.7 Å². The number of nitrogens with zero attached hydrogens (tertiary/aromatic N) is 4. The van der Waals surface area contributed by atoms with Crippen LogP contribution in [-0.2, 0) is 153 Å². The van der Waals surface area contributed by atoms with Gasteiger partial charge in [-0.05, 0) is 24.1 Å². The van der Waals surface area contributed by atoms with Gasteiger partial charge in [0.1, 0.15) is 5.18 Å². The fraction of sp³-hybridized carbons (Fsp3) is 0.485. The van der Waals surface area contributed by atoms with Crippen molar-refractivity contribution in [1.82, 2.24) is 19.9 Å². The van der Waals surface area contributed by atoms with E-state index in [2.05, 4.69) is 150 Å². The smallest absolute Gasteiger partial charge is 0 e. The molecule has 0 spiro atoms. The van der Waals surface area contributed by atoms with Crippen LogP contribution in [-0.4, -0.2) is 137 Å². The van der Waals surface area contributed by atoms with E-state index in [4.69, 9.17) is 79.0 Å². The summed E-state index contributed by atoms with van der Waals surface area (Å²) >= 11 is 7.61. The molecule has 4 aromatic heterocycles. The molecule has 0 aliphatic carbocycles. The summed E-state index contributed by atoms with van der Waals surface area (Å²) in [6.45, 7) is 24.9. The standard InChI is InChI=1S/C20H23NO6.C12H13NO6.C12H15NO5.C12H13NO5.C3H5I3.C3H6I.C3H7.C2HF3O.CH4.ClO2.Mn.Na.2O.2V/c1-20(2)26-12-16-14(9-21-17(18(16)27-20)19(22)24-4)11-25-10-13-5-7-15(23-3)8-6-13;1-12(2)18-5-7-6(10(14)15)4-13-8(9(7)19-12)11(16)17-3;2*1-12(2)17-6-8-7(5-14)4-13-9(10(8)18-12)11(15)16-3;1-2-3(4,5)6;1-2-3-4;1-3-2;3-2(4,5)1-6;;2-1-3;;;;;;/h5-9H,10-12H2,1-4H3;4H,5H2,1-3H3,(H,14,15);4,14H,5-6H2,1-3H3;4-5H,6H2,1-3H3;2H2,1H3;3H,2H2,1H3;1,3H2,2H3;1H;1H4;;;;;;;/q;;;;;2*-1;;;-1;;+1;;;;. The van der Waals surface area contributed by atoms with Crippen molar-refractivity contribution >= 4 is 133 Å². The number of carboxylic acids is 1. The molecule has 617 valence electrons. The summed E-state index contributed by atoms with van der Waals surface area (Å²) in [4.78, 5) is 93.5. The number of aliphatic hydroxyl groups excluding tert-OH is 1. The summed E-state index contributed by atoms with van der Waals surface area (Å²) in [6, 6.07) is 7.66. The van der Waals surface area contributed by atoms with Crippen LogP contribution in [0.25, 0.3) is 0 Å². The van der Waals surface area contributed by atoms with Gasteiger partial charge in [-0.2, -0.15) is 26.0 Å². The van der Waals surface area contributed by atoms with Crippen LogP contribution in [0.5, 0.6) is 28.7 Å². The molecule has 0 atom stereocenters. The summed E-state index contributed by atoms with van der Waals surface area (Å²) in [5, 5.41) is 18.3. The summed E-state index contributed by atoms with van der Waals surface area (Å²) in [5.41, 5.74) is 5.10. The molecule has 43 heteroatoms.